The number of benzene rings is 1. The number of fused-ring (bicyclic) bond motifs is 1. The Morgan fingerprint density at radius 1 is 1.18 bits per heavy atom. The van der Waals surface area contributed by atoms with Crippen molar-refractivity contribution in [3.8, 4) is 0 Å². The molecule has 0 aliphatic carbocycles. The second-order valence-electron chi connectivity index (χ2n) is 9.01. The molecule has 0 saturated carbocycles. The minimum atomic E-state index is -5.35. The molecule has 0 fully saturated rings. The van der Waals surface area contributed by atoms with Crippen molar-refractivity contribution in [2.45, 2.75) is 51.2 Å². The standard InChI is InChI=1S/C26H30F4N4O4/c1-2-12-34(13-10-20-9-8-17-6-4-11-31-24(17)32-20)16-22(35)33-21(18-5-3-7-19(27)14-18)15-23(36)38-25(37)26(28,29)30/h3,5,7-9,14,21H,2,4,6,10-13,15-16H2,1H3,(H,31,32)(H,33,35)/t21-/m0/s1. The molecule has 2 N–H and O–H groups in total. The highest BCUT2D eigenvalue weighted by Gasteiger charge is 2.42. The molecule has 1 aliphatic rings. The number of halogens is 4. The summed E-state index contributed by atoms with van der Waals surface area (Å²) in [6, 6.07) is 7.73. The van der Waals surface area contributed by atoms with Crippen LogP contribution in [0.2, 0.25) is 0 Å². The second kappa shape index (κ2) is 13.3. The van der Waals surface area contributed by atoms with Crippen LogP contribution in [0.1, 0.15) is 49.0 Å². The van der Waals surface area contributed by atoms with Crippen LogP contribution < -0.4 is 10.6 Å². The van der Waals surface area contributed by atoms with Gasteiger partial charge < -0.3 is 15.4 Å². The summed E-state index contributed by atoms with van der Waals surface area (Å²) in [7, 11) is 0. The Bertz CT molecular complexity index is 1140. The zero-order chi connectivity index (χ0) is 27.7. The summed E-state index contributed by atoms with van der Waals surface area (Å²) in [5.74, 6) is -4.47. The van der Waals surface area contributed by atoms with Crippen LogP contribution in [0.25, 0.3) is 0 Å². The van der Waals surface area contributed by atoms with Crippen molar-refractivity contribution in [2.24, 2.45) is 0 Å². The molecule has 38 heavy (non-hydrogen) atoms. The van der Waals surface area contributed by atoms with Crippen LogP contribution in [0, 0.1) is 5.82 Å². The van der Waals surface area contributed by atoms with Crippen molar-refractivity contribution in [1.29, 1.82) is 0 Å². The number of rotatable bonds is 11. The zero-order valence-electron chi connectivity index (χ0n) is 20.9. The fourth-order valence-corrected chi connectivity index (χ4v) is 4.16. The van der Waals surface area contributed by atoms with Gasteiger partial charge in [-0.15, -0.1) is 0 Å². The number of esters is 2. The summed E-state index contributed by atoms with van der Waals surface area (Å²) >= 11 is 0. The second-order valence-corrected chi connectivity index (χ2v) is 9.01. The number of carbonyl (C=O) groups is 3. The summed E-state index contributed by atoms with van der Waals surface area (Å²) in [5.41, 5.74) is 2.18. The van der Waals surface area contributed by atoms with E-state index in [1.54, 1.807) is 0 Å². The first-order valence-electron chi connectivity index (χ1n) is 12.4. The lowest BCUT2D eigenvalue weighted by Gasteiger charge is -2.24. The smallest absolute Gasteiger partial charge is 0.386 e. The average molecular weight is 539 g/mol. The van der Waals surface area contributed by atoms with Gasteiger partial charge in [-0.25, -0.2) is 14.2 Å². The van der Waals surface area contributed by atoms with Crippen molar-refractivity contribution in [3.63, 3.8) is 0 Å². The quantitative estimate of drug-likeness (QED) is 0.256. The number of pyridine rings is 1. The Morgan fingerprint density at radius 2 is 1.97 bits per heavy atom. The molecule has 1 aliphatic heterocycles. The molecule has 0 saturated heterocycles. The van der Waals surface area contributed by atoms with E-state index in [1.165, 1.54) is 17.7 Å². The number of nitrogens with one attached hydrogen (secondary N) is 2. The molecular formula is C26H30F4N4O4. The molecule has 0 unspecified atom stereocenters. The Labute approximate surface area is 217 Å². The number of carbonyl (C=O) groups excluding carboxylic acids is 3. The zero-order valence-corrected chi connectivity index (χ0v) is 20.9. The van der Waals surface area contributed by atoms with E-state index in [2.05, 4.69) is 20.4 Å². The molecule has 1 aromatic heterocycles. The van der Waals surface area contributed by atoms with Crippen molar-refractivity contribution >= 4 is 23.7 Å². The third-order valence-electron chi connectivity index (χ3n) is 5.94. The molecule has 1 atom stereocenters. The summed E-state index contributed by atoms with van der Waals surface area (Å²) in [5, 5.41) is 5.85. The van der Waals surface area contributed by atoms with Crippen molar-refractivity contribution in [2.75, 3.05) is 31.5 Å². The monoisotopic (exact) mass is 538 g/mol. The highest BCUT2D eigenvalue weighted by atomic mass is 19.4. The fraction of sp³-hybridized carbons (Fsp3) is 0.462. The first kappa shape index (κ1) is 29.0. The van der Waals surface area contributed by atoms with Gasteiger partial charge in [0.15, 0.2) is 0 Å². The molecular weight excluding hydrogens is 508 g/mol. The van der Waals surface area contributed by atoms with Crippen LogP contribution in [0.3, 0.4) is 0 Å². The number of aryl methyl sites for hydroxylation is 1. The average Bonchev–Trinajstić information content (AvgIpc) is 2.86. The molecule has 8 nitrogen and oxygen atoms in total. The van der Waals surface area contributed by atoms with E-state index in [0.29, 0.717) is 19.5 Å². The summed E-state index contributed by atoms with van der Waals surface area (Å²) in [4.78, 5) is 42.5. The van der Waals surface area contributed by atoms with Crippen molar-refractivity contribution in [3.05, 3.63) is 59.0 Å². The first-order valence-corrected chi connectivity index (χ1v) is 12.4. The molecule has 0 radical (unpaired) electrons. The normalized spacial score (nSPS) is 13.8. The number of anilines is 1. The van der Waals surface area contributed by atoms with E-state index in [1.807, 2.05) is 24.0 Å². The topological polar surface area (TPSA) is 101 Å². The van der Waals surface area contributed by atoms with Gasteiger partial charge in [0.25, 0.3) is 0 Å². The summed E-state index contributed by atoms with van der Waals surface area (Å²) in [6.45, 7) is 3.85. The number of hydrogen-bond donors (Lipinski definition) is 2. The number of alkyl halides is 3. The van der Waals surface area contributed by atoms with E-state index in [4.69, 9.17) is 0 Å². The Kier molecular flexibility index (Phi) is 10.2. The molecule has 0 bridgehead atoms. The summed E-state index contributed by atoms with van der Waals surface area (Å²) < 4.78 is 55.1. The maximum Gasteiger partial charge on any atom is 0.491 e. The van der Waals surface area contributed by atoms with Gasteiger partial charge in [0.2, 0.25) is 5.91 Å². The molecule has 206 valence electrons. The van der Waals surface area contributed by atoms with Gasteiger partial charge in [0.05, 0.1) is 19.0 Å². The molecule has 12 heteroatoms. The Hall–Kier alpha value is -3.54. The number of amides is 1. The Balaban J connectivity index is 1.64. The van der Waals surface area contributed by atoms with Crippen LogP contribution in [0.5, 0.6) is 0 Å². The molecule has 0 spiro atoms. The van der Waals surface area contributed by atoms with Crippen LogP contribution in [0.15, 0.2) is 36.4 Å². The predicted octanol–water partition coefficient (Wildman–Crippen LogP) is 3.71. The van der Waals surface area contributed by atoms with Gasteiger partial charge in [-0.3, -0.25) is 14.5 Å². The van der Waals surface area contributed by atoms with Crippen molar-refractivity contribution in [1.82, 2.24) is 15.2 Å². The SMILES string of the molecule is CCCN(CCc1ccc2c(n1)NCCC2)CC(=O)N[C@@H](CC(=O)OC(=O)C(F)(F)F)c1cccc(F)c1. The minimum Gasteiger partial charge on any atom is -0.386 e. The van der Waals surface area contributed by atoms with E-state index in [9.17, 15) is 31.9 Å². The minimum absolute atomic E-state index is 0.0701. The Morgan fingerprint density at radius 3 is 2.68 bits per heavy atom. The lowest BCUT2D eigenvalue weighted by atomic mass is 10.0. The van der Waals surface area contributed by atoms with Crippen LogP contribution >= 0.6 is 0 Å². The number of ether oxygens (including phenoxy) is 1. The van der Waals surface area contributed by atoms with E-state index in [-0.39, 0.29) is 12.1 Å². The number of nitrogens with zero attached hydrogens (tertiary/aromatic N) is 2. The molecule has 2 aromatic rings. The van der Waals surface area contributed by atoms with E-state index < -0.39 is 42.3 Å². The fourth-order valence-electron chi connectivity index (χ4n) is 4.16. The van der Waals surface area contributed by atoms with Gasteiger partial charge >= 0.3 is 18.1 Å². The third kappa shape index (κ3) is 8.79. The predicted molar refractivity (Wildman–Crippen MR) is 131 cm³/mol. The maximum atomic E-state index is 13.8. The number of aromatic nitrogens is 1. The molecule has 2 heterocycles. The van der Waals surface area contributed by atoms with Gasteiger partial charge in [0.1, 0.15) is 11.6 Å². The highest BCUT2D eigenvalue weighted by Crippen LogP contribution is 2.22. The van der Waals surface area contributed by atoms with Gasteiger partial charge in [-0.1, -0.05) is 25.1 Å². The third-order valence-corrected chi connectivity index (χ3v) is 5.94. The molecule has 3 rings (SSSR count). The lowest BCUT2D eigenvalue weighted by Crippen LogP contribution is -2.41. The van der Waals surface area contributed by atoms with Crippen LogP contribution in [-0.4, -0.2) is 60.1 Å². The van der Waals surface area contributed by atoms with Crippen LogP contribution in [0.4, 0.5) is 23.4 Å². The highest BCUT2D eigenvalue weighted by molar-refractivity contribution is 5.89. The van der Waals surface area contributed by atoms with Crippen LogP contribution in [-0.2, 0) is 32.0 Å². The first-order chi connectivity index (χ1) is 18.0. The maximum absolute atomic E-state index is 13.8. The molecule has 1 amide bonds. The molecule has 1 aromatic carbocycles. The van der Waals surface area contributed by atoms with Crippen molar-refractivity contribution < 1.29 is 36.7 Å². The van der Waals surface area contributed by atoms with Gasteiger partial charge in [-0.05, 0) is 55.1 Å². The van der Waals surface area contributed by atoms with E-state index >= 15 is 0 Å². The van der Waals surface area contributed by atoms with Gasteiger partial charge in [-0.2, -0.15) is 13.2 Å². The van der Waals surface area contributed by atoms with E-state index in [0.717, 1.165) is 49.5 Å². The largest absolute Gasteiger partial charge is 0.491 e. The number of hydrogen-bond acceptors (Lipinski definition) is 7. The van der Waals surface area contributed by atoms with Gasteiger partial charge in [0, 0.05) is 25.2 Å². The lowest BCUT2D eigenvalue weighted by molar-refractivity contribution is -0.202. The summed E-state index contributed by atoms with van der Waals surface area (Å²) in [6.07, 6.45) is -2.77.